The Morgan fingerprint density at radius 2 is 2.14 bits per heavy atom. The standard InChI is InChI=1S/C16H14ClNO2S/c1-9-4-2-3-5-10(9)15(21)14-12(17)8-13-11(16(19)20)6-7-18(13)14/h2-5,8,11H,6-7H2,1H3,(H,19,20). The van der Waals surface area contributed by atoms with Crippen molar-refractivity contribution in [3.05, 3.63) is 57.9 Å². The lowest BCUT2D eigenvalue weighted by molar-refractivity contribution is -0.138. The van der Waals surface area contributed by atoms with Crippen molar-refractivity contribution in [2.45, 2.75) is 25.8 Å². The first-order valence-electron chi connectivity index (χ1n) is 6.72. The number of hydrogen-bond donors (Lipinski definition) is 1. The molecule has 3 nitrogen and oxygen atoms in total. The molecule has 0 radical (unpaired) electrons. The molecular formula is C16H14ClNO2S. The van der Waals surface area contributed by atoms with Crippen LogP contribution in [0.5, 0.6) is 0 Å². The predicted molar refractivity (Wildman–Crippen MR) is 86.4 cm³/mol. The molecule has 0 spiro atoms. The van der Waals surface area contributed by atoms with Gasteiger partial charge in [0.2, 0.25) is 0 Å². The molecule has 2 heterocycles. The van der Waals surface area contributed by atoms with Crippen molar-refractivity contribution in [1.29, 1.82) is 0 Å². The van der Waals surface area contributed by atoms with Gasteiger partial charge in [0, 0.05) is 12.2 Å². The zero-order valence-corrected chi connectivity index (χ0v) is 13.0. The first-order chi connectivity index (χ1) is 10.0. The van der Waals surface area contributed by atoms with Crippen LogP contribution in [0, 0.1) is 6.92 Å². The number of hydrogen-bond acceptors (Lipinski definition) is 2. The number of rotatable bonds is 3. The quantitative estimate of drug-likeness (QED) is 0.691. The van der Waals surface area contributed by atoms with Crippen molar-refractivity contribution in [2.75, 3.05) is 0 Å². The third-order valence-corrected chi connectivity index (χ3v) is 4.69. The summed E-state index contributed by atoms with van der Waals surface area (Å²) in [5.41, 5.74) is 3.56. The molecule has 1 atom stereocenters. The molecule has 1 aliphatic heterocycles. The summed E-state index contributed by atoms with van der Waals surface area (Å²) >= 11 is 11.9. The normalized spacial score (nSPS) is 16.8. The number of thiocarbonyl (C=S) groups is 1. The Morgan fingerprint density at radius 3 is 2.81 bits per heavy atom. The molecule has 108 valence electrons. The molecule has 3 rings (SSSR count). The molecule has 1 aromatic carbocycles. The third kappa shape index (κ3) is 2.28. The Morgan fingerprint density at radius 1 is 1.43 bits per heavy atom. The highest BCUT2D eigenvalue weighted by Gasteiger charge is 2.33. The SMILES string of the molecule is Cc1ccccc1C(=S)c1c(Cl)cc2n1CCC2C(=O)O. The lowest BCUT2D eigenvalue weighted by Crippen LogP contribution is -2.10. The van der Waals surface area contributed by atoms with Gasteiger partial charge in [0.25, 0.3) is 0 Å². The van der Waals surface area contributed by atoms with E-state index in [4.69, 9.17) is 23.8 Å². The molecule has 2 aromatic rings. The maximum Gasteiger partial charge on any atom is 0.312 e. The Balaban J connectivity index is 2.09. The van der Waals surface area contributed by atoms with Crippen LogP contribution in [-0.2, 0) is 11.3 Å². The Hall–Kier alpha value is -1.65. The van der Waals surface area contributed by atoms with Gasteiger partial charge < -0.3 is 9.67 Å². The van der Waals surface area contributed by atoms with Crippen molar-refractivity contribution in [2.24, 2.45) is 0 Å². The van der Waals surface area contributed by atoms with Crippen LogP contribution in [0.15, 0.2) is 30.3 Å². The highest BCUT2D eigenvalue weighted by molar-refractivity contribution is 7.81. The van der Waals surface area contributed by atoms with Crippen LogP contribution in [0.4, 0.5) is 0 Å². The van der Waals surface area contributed by atoms with E-state index < -0.39 is 11.9 Å². The molecule has 0 aliphatic carbocycles. The molecule has 0 amide bonds. The van der Waals surface area contributed by atoms with Gasteiger partial charge >= 0.3 is 5.97 Å². The summed E-state index contributed by atoms with van der Waals surface area (Å²) in [4.78, 5) is 12.0. The number of carboxylic acid groups (broad SMARTS) is 1. The second kappa shape index (κ2) is 5.28. The van der Waals surface area contributed by atoms with Crippen LogP contribution in [0.25, 0.3) is 0 Å². The Kier molecular flexibility index (Phi) is 3.59. The van der Waals surface area contributed by atoms with Gasteiger partial charge in [-0.25, -0.2) is 0 Å². The van der Waals surface area contributed by atoms with E-state index in [1.165, 1.54) is 0 Å². The lowest BCUT2D eigenvalue weighted by Gasteiger charge is -2.11. The minimum atomic E-state index is -0.809. The van der Waals surface area contributed by atoms with E-state index in [2.05, 4.69) is 0 Å². The Labute approximate surface area is 133 Å². The minimum Gasteiger partial charge on any atom is -0.481 e. The van der Waals surface area contributed by atoms with Gasteiger partial charge in [0.1, 0.15) is 0 Å². The topological polar surface area (TPSA) is 42.2 Å². The highest BCUT2D eigenvalue weighted by atomic mass is 35.5. The van der Waals surface area contributed by atoms with Gasteiger partial charge in [-0.3, -0.25) is 4.79 Å². The summed E-state index contributed by atoms with van der Waals surface area (Å²) in [7, 11) is 0. The molecule has 21 heavy (non-hydrogen) atoms. The number of carbonyl (C=O) groups is 1. The molecule has 0 bridgehead atoms. The lowest BCUT2D eigenvalue weighted by atomic mass is 10.0. The summed E-state index contributed by atoms with van der Waals surface area (Å²) in [5, 5.41) is 9.80. The smallest absolute Gasteiger partial charge is 0.312 e. The molecule has 1 N–H and O–H groups in total. The van der Waals surface area contributed by atoms with Gasteiger partial charge in [-0.2, -0.15) is 0 Å². The fourth-order valence-electron chi connectivity index (χ4n) is 2.91. The number of halogens is 1. The monoisotopic (exact) mass is 319 g/mol. The molecule has 0 saturated heterocycles. The number of nitrogens with zero attached hydrogens (tertiary/aromatic N) is 1. The molecular weight excluding hydrogens is 306 g/mol. The van der Waals surface area contributed by atoms with Crippen molar-refractivity contribution in [3.63, 3.8) is 0 Å². The molecule has 1 aliphatic rings. The largest absolute Gasteiger partial charge is 0.481 e. The first-order valence-corrected chi connectivity index (χ1v) is 7.51. The predicted octanol–water partition coefficient (Wildman–Crippen LogP) is 3.79. The number of fused-ring (bicyclic) bond motifs is 1. The highest BCUT2D eigenvalue weighted by Crippen LogP contribution is 2.36. The van der Waals surface area contributed by atoms with E-state index in [0.717, 1.165) is 22.5 Å². The fourth-order valence-corrected chi connectivity index (χ4v) is 3.72. The number of aliphatic carboxylic acids is 1. The summed E-state index contributed by atoms with van der Waals surface area (Å²) in [5.74, 6) is -1.30. The number of aryl methyl sites for hydroxylation is 1. The van der Waals surface area contributed by atoms with E-state index >= 15 is 0 Å². The van der Waals surface area contributed by atoms with E-state index in [1.54, 1.807) is 6.07 Å². The molecule has 0 fully saturated rings. The second-order valence-electron chi connectivity index (χ2n) is 5.24. The number of benzene rings is 1. The van der Waals surface area contributed by atoms with Crippen molar-refractivity contribution < 1.29 is 9.90 Å². The number of carboxylic acids is 1. The summed E-state index contributed by atoms with van der Waals surface area (Å²) in [6.45, 7) is 2.64. The molecule has 0 saturated carbocycles. The van der Waals surface area contributed by atoms with Gasteiger partial charge in [0.05, 0.1) is 21.5 Å². The summed E-state index contributed by atoms with van der Waals surface area (Å²) < 4.78 is 1.95. The zero-order valence-electron chi connectivity index (χ0n) is 11.5. The van der Waals surface area contributed by atoms with Crippen LogP contribution in [0.3, 0.4) is 0 Å². The number of aromatic nitrogens is 1. The summed E-state index contributed by atoms with van der Waals surface area (Å²) in [6, 6.07) is 9.62. The Bertz CT molecular complexity index is 751. The van der Waals surface area contributed by atoms with E-state index in [1.807, 2.05) is 35.8 Å². The van der Waals surface area contributed by atoms with Crippen molar-refractivity contribution >= 4 is 34.7 Å². The van der Waals surface area contributed by atoms with E-state index in [0.29, 0.717) is 22.9 Å². The second-order valence-corrected chi connectivity index (χ2v) is 6.06. The van der Waals surface area contributed by atoms with Crippen molar-refractivity contribution in [1.82, 2.24) is 4.57 Å². The van der Waals surface area contributed by atoms with Crippen LogP contribution < -0.4 is 0 Å². The maximum absolute atomic E-state index is 11.3. The van der Waals surface area contributed by atoms with E-state index in [-0.39, 0.29) is 0 Å². The van der Waals surface area contributed by atoms with Gasteiger partial charge in [-0.15, -0.1) is 0 Å². The van der Waals surface area contributed by atoms with Crippen LogP contribution in [0.2, 0.25) is 5.02 Å². The average molecular weight is 320 g/mol. The fraction of sp³-hybridized carbons (Fsp3) is 0.250. The zero-order chi connectivity index (χ0) is 15.1. The minimum absolute atomic E-state index is 0.490. The van der Waals surface area contributed by atoms with Gasteiger partial charge in [0.15, 0.2) is 0 Å². The van der Waals surface area contributed by atoms with Gasteiger partial charge in [-0.05, 0) is 30.5 Å². The van der Waals surface area contributed by atoms with Crippen LogP contribution in [-0.4, -0.2) is 20.5 Å². The first kappa shape index (κ1) is 14.3. The summed E-state index contributed by atoms with van der Waals surface area (Å²) in [6.07, 6.45) is 0.589. The van der Waals surface area contributed by atoms with Crippen molar-refractivity contribution in [3.8, 4) is 0 Å². The average Bonchev–Trinajstić information content (AvgIpc) is 2.96. The van der Waals surface area contributed by atoms with Gasteiger partial charge in [-0.1, -0.05) is 48.1 Å². The molecule has 5 heteroatoms. The van der Waals surface area contributed by atoms with Crippen LogP contribution in [0.1, 0.15) is 34.9 Å². The van der Waals surface area contributed by atoms with Crippen LogP contribution >= 0.6 is 23.8 Å². The molecule has 1 aromatic heterocycles. The third-order valence-electron chi connectivity index (χ3n) is 3.98. The molecule has 1 unspecified atom stereocenters. The van der Waals surface area contributed by atoms with E-state index in [9.17, 15) is 9.90 Å². The maximum atomic E-state index is 11.3.